The zero-order chi connectivity index (χ0) is 24.2. The van der Waals surface area contributed by atoms with Crippen LogP contribution in [0.4, 0.5) is 0 Å². The van der Waals surface area contributed by atoms with Crippen LogP contribution in [0.3, 0.4) is 0 Å². The molecule has 1 aliphatic heterocycles. The lowest BCUT2D eigenvalue weighted by Crippen LogP contribution is -2.36. The number of carbonyl (C=O) groups excluding carboxylic acids is 1. The van der Waals surface area contributed by atoms with Crippen LogP contribution in [0.2, 0.25) is 0 Å². The van der Waals surface area contributed by atoms with Crippen LogP contribution >= 0.6 is 0 Å². The SMILES string of the molecule is COc1cc(/C=C/C(=O)N2CCCN(S(=O)(=O)c3cn(C)c(C)n3)CC2)cc(OC)c1OC. The fraction of sp³-hybridized carbons (Fsp3) is 0.455. The second-order valence-electron chi connectivity index (χ2n) is 7.61. The zero-order valence-electron chi connectivity index (χ0n) is 19.6. The molecule has 2 aromatic rings. The van der Waals surface area contributed by atoms with Crippen molar-refractivity contribution in [3.63, 3.8) is 0 Å². The van der Waals surface area contributed by atoms with E-state index in [1.54, 1.807) is 41.6 Å². The number of hydrogen-bond donors (Lipinski definition) is 0. The summed E-state index contributed by atoms with van der Waals surface area (Å²) in [4.78, 5) is 18.6. The van der Waals surface area contributed by atoms with Crippen molar-refractivity contribution in [3.8, 4) is 17.2 Å². The predicted molar refractivity (Wildman–Crippen MR) is 123 cm³/mol. The van der Waals surface area contributed by atoms with E-state index in [1.807, 2.05) is 0 Å². The summed E-state index contributed by atoms with van der Waals surface area (Å²) >= 11 is 0. The third-order valence-corrected chi connectivity index (χ3v) is 7.33. The molecule has 0 unspecified atom stereocenters. The Kier molecular flexibility index (Phi) is 7.65. The van der Waals surface area contributed by atoms with E-state index in [9.17, 15) is 13.2 Å². The highest BCUT2D eigenvalue weighted by molar-refractivity contribution is 7.89. The van der Waals surface area contributed by atoms with Gasteiger partial charge in [-0.2, -0.15) is 4.31 Å². The highest BCUT2D eigenvalue weighted by atomic mass is 32.2. The summed E-state index contributed by atoms with van der Waals surface area (Å²) in [6, 6.07) is 3.49. The number of hydrogen-bond acceptors (Lipinski definition) is 7. The third kappa shape index (κ3) is 5.31. The highest BCUT2D eigenvalue weighted by Crippen LogP contribution is 2.38. The van der Waals surface area contributed by atoms with Crippen LogP contribution in [-0.4, -0.2) is 80.6 Å². The van der Waals surface area contributed by atoms with Gasteiger partial charge < -0.3 is 23.7 Å². The summed E-state index contributed by atoms with van der Waals surface area (Å²) in [5.74, 6) is 1.88. The number of aryl methyl sites for hydroxylation is 2. The van der Waals surface area contributed by atoms with E-state index in [0.29, 0.717) is 54.7 Å². The van der Waals surface area contributed by atoms with Gasteiger partial charge in [0.2, 0.25) is 11.7 Å². The number of carbonyl (C=O) groups is 1. The van der Waals surface area contributed by atoms with E-state index < -0.39 is 10.0 Å². The molecule has 0 saturated carbocycles. The molecular formula is C22H30N4O6S. The van der Waals surface area contributed by atoms with Crippen molar-refractivity contribution < 1.29 is 27.4 Å². The molecule has 1 saturated heterocycles. The van der Waals surface area contributed by atoms with Crippen LogP contribution in [0.1, 0.15) is 17.8 Å². The number of sulfonamides is 1. The van der Waals surface area contributed by atoms with Crippen LogP contribution in [0.15, 0.2) is 29.4 Å². The van der Waals surface area contributed by atoms with Crippen molar-refractivity contribution in [2.45, 2.75) is 18.4 Å². The Hall–Kier alpha value is -3.05. The second-order valence-corrected chi connectivity index (χ2v) is 9.50. The number of rotatable bonds is 7. The lowest BCUT2D eigenvalue weighted by molar-refractivity contribution is -0.125. The number of aromatic nitrogens is 2. The Labute approximate surface area is 194 Å². The van der Waals surface area contributed by atoms with Crippen LogP contribution in [-0.2, 0) is 21.9 Å². The quantitative estimate of drug-likeness (QED) is 0.558. The van der Waals surface area contributed by atoms with Crippen LogP contribution < -0.4 is 14.2 Å². The molecule has 0 spiro atoms. The molecule has 1 aliphatic rings. The van der Waals surface area contributed by atoms with Gasteiger partial charge in [0, 0.05) is 45.5 Å². The third-order valence-electron chi connectivity index (χ3n) is 5.56. The number of ether oxygens (including phenoxy) is 3. The average Bonchev–Trinajstić information content (AvgIpc) is 3.00. The lowest BCUT2D eigenvalue weighted by Gasteiger charge is -2.20. The van der Waals surface area contributed by atoms with Gasteiger partial charge in [-0.3, -0.25) is 4.79 Å². The fourth-order valence-electron chi connectivity index (χ4n) is 3.61. The molecule has 1 aromatic carbocycles. The summed E-state index contributed by atoms with van der Waals surface area (Å²) in [7, 11) is 2.63. The minimum atomic E-state index is -3.71. The monoisotopic (exact) mass is 478 g/mol. The maximum atomic E-state index is 13.0. The maximum absolute atomic E-state index is 13.0. The molecule has 3 rings (SSSR count). The second kappa shape index (κ2) is 10.3. The molecule has 0 bridgehead atoms. The maximum Gasteiger partial charge on any atom is 0.262 e. The Morgan fingerprint density at radius 2 is 1.70 bits per heavy atom. The normalized spacial score (nSPS) is 15.5. The standard InChI is InChI=1S/C22H30N4O6S/c1-16-23-20(15-24(16)2)33(28,29)26-10-6-9-25(11-12-26)21(27)8-7-17-13-18(30-3)22(32-5)19(14-17)31-4/h7-8,13-15H,6,9-12H2,1-5H3/b8-7+. The molecule has 1 amide bonds. The minimum Gasteiger partial charge on any atom is -0.493 e. The van der Waals surface area contributed by atoms with Crippen LogP contribution in [0.5, 0.6) is 17.2 Å². The van der Waals surface area contributed by atoms with Crippen molar-refractivity contribution in [3.05, 3.63) is 35.8 Å². The molecule has 10 nitrogen and oxygen atoms in total. The highest BCUT2D eigenvalue weighted by Gasteiger charge is 2.30. The Morgan fingerprint density at radius 1 is 1.03 bits per heavy atom. The molecule has 2 heterocycles. The van der Waals surface area contributed by atoms with Gasteiger partial charge in [-0.05, 0) is 37.1 Å². The number of nitrogens with zero attached hydrogens (tertiary/aromatic N) is 4. The summed E-state index contributed by atoms with van der Waals surface area (Å²) in [6.45, 7) is 3.05. The fourth-order valence-corrected chi connectivity index (χ4v) is 5.10. The van der Waals surface area contributed by atoms with E-state index in [4.69, 9.17) is 14.2 Å². The van der Waals surface area contributed by atoms with Crippen LogP contribution in [0.25, 0.3) is 6.08 Å². The van der Waals surface area contributed by atoms with Crippen molar-refractivity contribution >= 4 is 22.0 Å². The lowest BCUT2D eigenvalue weighted by atomic mass is 10.1. The summed E-state index contributed by atoms with van der Waals surface area (Å²) in [5.41, 5.74) is 0.711. The molecule has 33 heavy (non-hydrogen) atoms. The zero-order valence-corrected chi connectivity index (χ0v) is 20.4. The molecule has 0 atom stereocenters. The smallest absolute Gasteiger partial charge is 0.262 e. The van der Waals surface area contributed by atoms with Crippen molar-refractivity contribution in [2.75, 3.05) is 47.5 Å². The van der Waals surface area contributed by atoms with Gasteiger partial charge in [0.05, 0.1) is 21.3 Å². The molecule has 0 radical (unpaired) electrons. The first-order valence-corrected chi connectivity index (χ1v) is 11.9. The first-order valence-electron chi connectivity index (χ1n) is 10.5. The van der Waals surface area contributed by atoms with E-state index in [0.717, 1.165) is 0 Å². The van der Waals surface area contributed by atoms with Gasteiger partial charge in [-0.25, -0.2) is 13.4 Å². The predicted octanol–water partition coefficient (Wildman–Crippen LogP) is 1.69. The summed E-state index contributed by atoms with van der Waals surface area (Å²) in [6.07, 6.45) is 5.18. The number of benzene rings is 1. The Bertz CT molecular complexity index is 1100. The largest absolute Gasteiger partial charge is 0.493 e. The number of amides is 1. The van der Waals surface area contributed by atoms with Gasteiger partial charge in [0.25, 0.3) is 10.0 Å². The summed E-state index contributed by atoms with van der Waals surface area (Å²) in [5, 5.41) is 0.0320. The topological polar surface area (TPSA) is 103 Å². The number of imidazole rings is 1. The van der Waals surface area contributed by atoms with E-state index >= 15 is 0 Å². The van der Waals surface area contributed by atoms with Gasteiger partial charge in [-0.1, -0.05) is 0 Å². The van der Waals surface area contributed by atoms with Gasteiger partial charge in [0.1, 0.15) is 5.82 Å². The first kappa shape index (κ1) is 24.6. The van der Waals surface area contributed by atoms with Crippen molar-refractivity contribution in [1.82, 2.24) is 18.8 Å². The molecule has 180 valence electrons. The Balaban J connectivity index is 1.70. The van der Waals surface area contributed by atoms with E-state index in [-0.39, 0.29) is 17.5 Å². The summed E-state index contributed by atoms with van der Waals surface area (Å²) < 4.78 is 45.0. The van der Waals surface area contributed by atoms with Crippen molar-refractivity contribution in [1.29, 1.82) is 0 Å². The number of methoxy groups -OCH3 is 3. The molecular weight excluding hydrogens is 448 g/mol. The molecule has 1 aromatic heterocycles. The van der Waals surface area contributed by atoms with E-state index in [2.05, 4.69) is 4.98 Å². The van der Waals surface area contributed by atoms with E-state index in [1.165, 1.54) is 37.9 Å². The average molecular weight is 479 g/mol. The van der Waals surface area contributed by atoms with Crippen molar-refractivity contribution in [2.24, 2.45) is 7.05 Å². The van der Waals surface area contributed by atoms with Gasteiger partial charge in [-0.15, -0.1) is 0 Å². The minimum absolute atomic E-state index is 0.0320. The molecule has 0 N–H and O–H groups in total. The molecule has 1 fully saturated rings. The first-order chi connectivity index (χ1) is 15.7. The molecule has 0 aliphatic carbocycles. The van der Waals surface area contributed by atoms with Crippen LogP contribution in [0, 0.1) is 6.92 Å². The molecule has 11 heteroatoms. The Morgan fingerprint density at radius 3 is 2.24 bits per heavy atom. The van der Waals surface area contributed by atoms with Gasteiger partial charge in [0.15, 0.2) is 16.5 Å². The van der Waals surface area contributed by atoms with Gasteiger partial charge >= 0.3 is 0 Å².